The van der Waals surface area contributed by atoms with E-state index in [1.165, 1.54) is 6.08 Å². The topological polar surface area (TPSA) is 41.6 Å². The van der Waals surface area contributed by atoms with E-state index in [-0.39, 0.29) is 5.97 Å². The molecule has 0 radical (unpaired) electrons. The number of carbonyl (C=O) groups excluding carboxylic acids is 1. The third-order valence-corrected chi connectivity index (χ3v) is 1.54. The van der Waals surface area contributed by atoms with Gasteiger partial charge in [0.2, 0.25) is 0 Å². The first kappa shape index (κ1) is 13.1. The largest absolute Gasteiger partial charge is 0.463 e. The molecule has 0 atom stereocenters. The minimum absolute atomic E-state index is 0.276. The van der Waals surface area contributed by atoms with Crippen molar-refractivity contribution in [1.82, 2.24) is 10.2 Å². The smallest absolute Gasteiger partial charge is 0.330 e. The molecule has 0 bridgehead atoms. The van der Waals surface area contributed by atoms with Gasteiger partial charge < -0.3 is 15.0 Å². The lowest BCUT2D eigenvalue weighted by Gasteiger charge is -2.08. The average molecular weight is 200 g/mol. The summed E-state index contributed by atoms with van der Waals surface area (Å²) in [6.07, 6.45) is 3.22. The molecule has 4 heteroatoms. The molecule has 0 rings (SSSR count). The van der Waals surface area contributed by atoms with Crippen LogP contribution in [0.2, 0.25) is 0 Å². The zero-order valence-electron chi connectivity index (χ0n) is 9.25. The van der Waals surface area contributed by atoms with Gasteiger partial charge in [0.25, 0.3) is 0 Å². The molecule has 0 heterocycles. The molecule has 0 aromatic rings. The Morgan fingerprint density at radius 2 is 2.21 bits per heavy atom. The fourth-order valence-electron chi connectivity index (χ4n) is 0.834. The van der Waals surface area contributed by atoms with Crippen LogP contribution in [-0.4, -0.2) is 51.2 Å². The van der Waals surface area contributed by atoms with E-state index < -0.39 is 0 Å². The van der Waals surface area contributed by atoms with Gasteiger partial charge in [-0.25, -0.2) is 4.79 Å². The van der Waals surface area contributed by atoms with Gasteiger partial charge in [-0.2, -0.15) is 0 Å². The van der Waals surface area contributed by atoms with Crippen LogP contribution < -0.4 is 5.32 Å². The van der Waals surface area contributed by atoms with Crippen LogP contribution in [0.3, 0.4) is 0 Å². The minimum atomic E-state index is -0.276. The van der Waals surface area contributed by atoms with Crippen LogP contribution in [0.5, 0.6) is 0 Å². The van der Waals surface area contributed by atoms with E-state index in [0.29, 0.717) is 13.2 Å². The minimum Gasteiger partial charge on any atom is -0.463 e. The summed E-state index contributed by atoms with van der Waals surface area (Å²) in [5.74, 6) is -0.276. The van der Waals surface area contributed by atoms with Gasteiger partial charge in [0, 0.05) is 25.7 Å². The van der Waals surface area contributed by atoms with Crippen molar-refractivity contribution in [2.45, 2.75) is 6.92 Å². The van der Waals surface area contributed by atoms with Crippen LogP contribution in [-0.2, 0) is 9.53 Å². The van der Waals surface area contributed by atoms with Crippen LogP contribution in [0.15, 0.2) is 12.2 Å². The molecule has 82 valence electrons. The Kier molecular flexibility index (Phi) is 8.17. The van der Waals surface area contributed by atoms with Crippen molar-refractivity contribution >= 4 is 5.97 Å². The van der Waals surface area contributed by atoms with Crippen LogP contribution in [0.4, 0.5) is 0 Å². The molecule has 0 aliphatic heterocycles. The van der Waals surface area contributed by atoms with Gasteiger partial charge in [-0.3, -0.25) is 0 Å². The van der Waals surface area contributed by atoms with Gasteiger partial charge in [0.15, 0.2) is 0 Å². The van der Waals surface area contributed by atoms with Crippen molar-refractivity contribution in [2.24, 2.45) is 0 Å². The van der Waals surface area contributed by atoms with E-state index in [4.69, 9.17) is 4.74 Å². The van der Waals surface area contributed by atoms with Crippen molar-refractivity contribution in [3.05, 3.63) is 12.2 Å². The molecule has 1 N–H and O–H groups in total. The second-order valence-electron chi connectivity index (χ2n) is 3.16. The van der Waals surface area contributed by atoms with Crippen LogP contribution >= 0.6 is 0 Å². The second kappa shape index (κ2) is 8.72. The summed E-state index contributed by atoms with van der Waals surface area (Å²) in [6, 6.07) is 0. The Bertz CT molecular complexity index is 179. The molecule has 0 saturated heterocycles. The van der Waals surface area contributed by atoms with Gasteiger partial charge in [-0.05, 0) is 21.0 Å². The molecule has 4 nitrogen and oxygen atoms in total. The zero-order chi connectivity index (χ0) is 10.8. The number of rotatable bonds is 7. The van der Waals surface area contributed by atoms with Crippen molar-refractivity contribution in [3.8, 4) is 0 Å². The Morgan fingerprint density at radius 1 is 1.50 bits per heavy atom. The van der Waals surface area contributed by atoms with E-state index in [0.717, 1.165) is 13.1 Å². The lowest BCUT2D eigenvalue weighted by Crippen LogP contribution is -2.26. The number of nitrogens with zero attached hydrogens (tertiary/aromatic N) is 1. The van der Waals surface area contributed by atoms with E-state index in [1.807, 2.05) is 14.1 Å². The Hall–Kier alpha value is -0.870. The summed E-state index contributed by atoms with van der Waals surface area (Å²) in [5.41, 5.74) is 0. The highest BCUT2D eigenvalue weighted by Gasteiger charge is 1.92. The fraction of sp³-hybridized carbons (Fsp3) is 0.700. The lowest BCUT2D eigenvalue weighted by molar-refractivity contribution is -0.137. The normalized spacial score (nSPS) is 11.1. The highest BCUT2D eigenvalue weighted by Crippen LogP contribution is 1.80. The average Bonchev–Trinajstić information content (AvgIpc) is 2.11. The van der Waals surface area contributed by atoms with E-state index in [9.17, 15) is 4.79 Å². The summed E-state index contributed by atoms with van der Waals surface area (Å²) < 4.78 is 4.72. The van der Waals surface area contributed by atoms with E-state index in [1.54, 1.807) is 13.0 Å². The first-order chi connectivity index (χ1) is 6.66. The maximum absolute atomic E-state index is 10.8. The maximum atomic E-state index is 10.8. The van der Waals surface area contributed by atoms with Gasteiger partial charge in [-0.15, -0.1) is 0 Å². The number of nitrogens with one attached hydrogen (secondary N) is 1. The number of hydrogen-bond donors (Lipinski definition) is 1. The third-order valence-electron chi connectivity index (χ3n) is 1.54. The summed E-state index contributed by atoms with van der Waals surface area (Å²) in [4.78, 5) is 12.9. The first-order valence-electron chi connectivity index (χ1n) is 4.85. The van der Waals surface area contributed by atoms with Gasteiger partial charge in [0.1, 0.15) is 0 Å². The third kappa shape index (κ3) is 9.22. The van der Waals surface area contributed by atoms with Crippen LogP contribution in [0.25, 0.3) is 0 Å². The number of hydrogen-bond acceptors (Lipinski definition) is 4. The molecule has 0 aliphatic rings. The maximum Gasteiger partial charge on any atom is 0.330 e. The van der Waals surface area contributed by atoms with Crippen molar-refractivity contribution in [1.29, 1.82) is 0 Å². The second-order valence-corrected chi connectivity index (χ2v) is 3.16. The monoisotopic (exact) mass is 200 g/mol. The highest BCUT2D eigenvalue weighted by molar-refractivity contribution is 5.81. The van der Waals surface area contributed by atoms with Crippen LogP contribution in [0.1, 0.15) is 6.92 Å². The molecule has 0 saturated carbocycles. The molecule has 0 aromatic carbocycles. The molecular weight excluding hydrogens is 180 g/mol. The standard InChI is InChI=1S/C10H20N2O2/c1-4-14-10(13)6-5-7-11-8-9-12(2)3/h5-6,11H,4,7-9H2,1-3H3/b6-5+. The predicted molar refractivity (Wildman–Crippen MR) is 57.2 cm³/mol. The molecule has 0 unspecified atom stereocenters. The molecule has 0 aromatic heterocycles. The summed E-state index contributed by atoms with van der Waals surface area (Å²) >= 11 is 0. The molecular formula is C10H20N2O2. The first-order valence-corrected chi connectivity index (χ1v) is 4.85. The van der Waals surface area contributed by atoms with Crippen molar-refractivity contribution in [3.63, 3.8) is 0 Å². The fourth-order valence-corrected chi connectivity index (χ4v) is 0.834. The van der Waals surface area contributed by atoms with E-state index in [2.05, 4.69) is 10.2 Å². The Balaban J connectivity index is 3.30. The molecule has 0 spiro atoms. The van der Waals surface area contributed by atoms with Crippen molar-refractivity contribution in [2.75, 3.05) is 40.3 Å². The SMILES string of the molecule is CCOC(=O)/C=C/CNCCN(C)C. The summed E-state index contributed by atoms with van der Waals surface area (Å²) in [5, 5.41) is 3.18. The number of esters is 1. The Labute approximate surface area is 85.9 Å². The summed E-state index contributed by atoms with van der Waals surface area (Å²) in [6.45, 7) is 4.83. The lowest BCUT2D eigenvalue weighted by atomic mass is 10.4. The van der Waals surface area contributed by atoms with Gasteiger partial charge in [0.05, 0.1) is 6.61 Å². The van der Waals surface area contributed by atoms with Crippen molar-refractivity contribution < 1.29 is 9.53 Å². The van der Waals surface area contributed by atoms with Crippen LogP contribution in [0, 0.1) is 0 Å². The number of carbonyl (C=O) groups is 1. The van der Waals surface area contributed by atoms with Gasteiger partial charge >= 0.3 is 5.97 Å². The molecule has 0 amide bonds. The predicted octanol–water partition coefficient (Wildman–Crippen LogP) is 0.257. The zero-order valence-corrected chi connectivity index (χ0v) is 9.25. The number of likely N-dealkylation sites (N-methyl/N-ethyl adjacent to an activating group) is 1. The molecule has 0 fully saturated rings. The quantitative estimate of drug-likeness (QED) is 0.363. The Morgan fingerprint density at radius 3 is 2.79 bits per heavy atom. The number of ether oxygens (including phenoxy) is 1. The molecule has 0 aliphatic carbocycles. The molecule has 14 heavy (non-hydrogen) atoms. The summed E-state index contributed by atoms with van der Waals surface area (Å²) in [7, 11) is 4.05. The van der Waals surface area contributed by atoms with Gasteiger partial charge in [-0.1, -0.05) is 6.08 Å². The highest BCUT2D eigenvalue weighted by atomic mass is 16.5. The van der Waals surface area contributed by atoms with E-state index >= 15 is 0 Å².